The van der Waals surface area contributed by atoms with Gasteiger partial charge in [-0.2, -0.15) is 16.2 Å². The molecular weight excluding hydrogens is 269 g/mol. The molecule has 104 valence electrons. The van der Waals surface area contributed by atoms with Crippen LogP contribution < -0.4 is 5.32 Å². The fourth-order valence-corrected chi connectivity index (χ4v) is 3.00. The van der Waals surface area contributed by atoms with Gasteiger partial charge in [0.15, 0.2) is 0 Å². The summed E-state index contributed by atoms with van der Waals surface area (Å²) in [4.78, 5) is 12.4. The summed E-state index contributed by atoms with van der Waals surface area (Å²) in [5.74, 6) is 1.45. The van der Waals surface area contributed by atoms with Gasteiger partial charge in [0.2, 0.25) is 5.82 Å². The molecule has 0 radical (unpaired) electrons. The molecule has 0 spiro atoms. The molecule has 5 nitrogen and oxygen atoms in total. The predicted octanol–water partition coefficient (Wildman–Crippen LogP) is 2.19. The van der Waals surface area contributed by atoms with Gasteiger partial charge in [0.1, 0.15) is 5.69 Å². The quantitative estimate of drug-likeness (QED) is 0.664. The largest absolute Gasteiger partial charge is 0.378 e. The van der Waals surface area contributed by atoms with Crippen LogP contribution in [-0.4, -0.2) is 47.5 Å². The van der Waals surface area contributed by atoms with Crippen molar-refractivity contribution in [2.75, 3.05) is 43.0 Å². The maximum atomic E-state index is 13.4. The summed E-state index contributed by atoms with van der Waals surface area (Å²) >= 11 is 1.94. The molecule has 0 amide bonds. The first kappa shape index (κ1) is 14.1. The van der Waals surface area contributed by atoms with E-state index in [4.69, 9.17) is 0 Å². The number of nitro groups is 1. The molecule has 1 fully saturated rings. The Morgan fingerprint density at radius 1 is 1.42 bits per heavy atom. The van der Waals surface area contributed by atoms with Crippen molar-refractivity contribution in [2.24, 2.45) is 0 Å². The summed E-state index contributed by atoms with van der Waals surface area (Å²) in [5.41, 5.74) is -0.229. The summed E-state index contributed by atoms with van der Waals surface area (Å²) in [6.45, 7) is 3.47. The first-order valence-electron chi connectivity index (χ1n) is 6.15. The maximum absolute atomic E-state index is 13.4. The SMILES string of the molecule is O=[N+]([O-])c1c(F)cccc1NCCN1CCSCC1. The zero-order valence-corrected chi connectivity index (χ0v) is 11.3. The minimum absolute atomic E-state index is 0.247. The Balaban J connectivity index is 1.92. The van der Waals surface area contributed by atoms with Gasteiger partial charge in [-0.1, -0.05) is 6.07 Å². The average Bonchev–Trinajstić information content (AvgIpc) is 2.39. The standard InChI is InChI=1S/C12H16FN3O2S/c13-10-2-1-3-11(12(10)16(17)18)14-4-5-15-6-8-19-9-7-15/h1-3,14H,4-9H2. The number of hydrogen-bond acceptors (Lipinski definition) is 5. The zero-order chi connectivity index (χ0) is 13.7. The minimum Gasteiger partial charge on any atom is -0.378 e. The van der Waals surface area contributed by atoms with Crippen LogP contribution in [-0.2, 0) is 0 Å². The van der Waals surface area contributed by atoms with Gasteiger partial charge in [-0.25, -0.2) is 0 Å². The smallest absolute Gasteiger partial charge is 0.327 e. The number of halogens is 1. The highest BCUT2D eigenvalue weighted by atomic mass is 32.2. The number of nitrogens with one attached hydrogen (secondary N) is 1. The Kier molecular flexibility index (Phi) is 4.98. The van der Waals surface area contributed by atoms with Crippen LogP contribution in [0.3, 0.4) is 0 Å². The highest BCUT2D eigenvalue weighted by Crippen LogP contribution is 2.26. The lowest BCUT2D eigenvalue weighted by atomic mass is 10.2. The van der Waals surface area contributed by atoms with E-state index in [0.29, 0.717) is 6.54 Å². The first-order valence-corrected chi connectivity index (χ1v) is 7.31. The lowest BCUT2D eigenvalue weighted by Gasteiger charge is -2.26. The second-order valence-electron chi connectivity index (χ2n) is 4.27. The van der Waals surface area contributed by atoms with E-state index < -0.39 is 16.4 Å². The first-order chi connectivity index (χ1) is 9.18. The molecule has 1 N–H and O–H groups in total. The summed E-state index contributed by atoms with van der Waals surface area (Å²) in [6.07, 6.45) is 0. The summed E-state index contributed by atoms with van der Waals surface area (Å²) < 4.78 is 13.4. The lowest BCUT2D eigenvalue weighted by molar-refractivity contribution is -0.386. The van der Waals surface area contributed by atoms with Crippen molar-refractivity contribution in [3.05, 3.63) is 34.1 Å². The molecule has 7 heteroatoms. The number of benzene rings is 1. The molecule has 1 aromatic carbocycles. The van der Waals surface area contributed by atoms with Gasteiger partial charge in [0, 0.05) is 37.7 Å². The van der Waals surface area contributed by atoms with Crippen molar-refractivity contribution < 1.29 is 9.31 Å². The van der Waals surface area contributed by atoms with Crippen LogP contribution in [0.5, 0.6) is 0 Å². The molecule has 0 aliphatic carbocycles. The Morgan fingerprint density at radius 2 is 2.16 bits per heavy atom. The Labute approximate surface area is 115 Å². The van der Waals surface area contributed by atoms with Crippen LogP contribution in [0.25, 0.3) is 0 Å². The third-order valence-electron chi connectivity index (χ3n) is 3.02. The zero-order valence-electron chi connectivity index (χ0n) is 10.5. The van der Waals surface area contributed by atoms with E-state index in [0.717, 1.165) is 37.2 Å². The van der Waals surface area contributed by atoms with Crippen LogP contribution in [0.2, 0.25) is 0 Å². The summed E-state index contributed by atoms with van der Waals surface area (Å²) in [6, 6.07) is 4.11. The molecule has 0 unspecified atom stereocenters. The van der Waals surface area contributed by atoms with Crippen molar-refractivity contribution in [1.29, 1.82) is 0 Å². The summed E-state index contributed by atoms with van der Waals surface area (Å²) in [7, 11) is 0. The van der Waals surface area contributed by atoms with Gasteiger partial charge in [-0.15, -0.1) is 0 Å². The van der Waals surface area contributed by atoms with E-state index >= 15 is 0 Å². The van der Waals surface area contributed by atoms with Crippen LogP contribution in [0.1, 0.15) is 0 Å². The molecule has 1 aliphatic heterocycles. The van der Waals surface area contributed by atoms with E-state index in [1.807, 2.05) is 11.8 Å². The van der Waals surface area contributed by atoms with Crippen molar-refractivity contribution >= 4 is 23.1 Å². The Morgan fingerprint density at radius 3 is 2.84 bits per heavy atom. The second-order valence-corrected chi connectivity index (χ2v) is 5.50. The molecular formula is C12H16FN3O2S. The number of rotatable bonds is 5. The van der Waals surface area contributed by atoms with E-state index in [1.54, 1.807) is 0 Å². The molecule has 1 saturated heterocycles. The van der Waals surface area contributed by atoms with Crippen LogP contribution >= 0.6 is 11.8 Å². The number of nitro benzene ring substituents is 1. The van der Waals surface area contributed by atoms with Gasteiger partial charge in [0.25, 0.3) is 0 Å². The highest BCUT2D eigenvalue weighted by molar-refractivity contribution is 7.99. The van der Waals surface area contributed by atoms with E-state index in [1.165, 1.54) is 12.1 Å². The fourth-order valence-electron chi connectivity index (χ4n) is 2.02. The molecule has 19 heavy (non-hydrogen) atoms. The number of thioether (sulfide) groups is 1. The third kappa shape index (κ3) is 3.81. The topological polar surface area (TPSA) is 58.4 Å². The molecule has 2 rings (SSSR count). The van der Waals surface area contributed by atoms with Crippen LogP contribution in [0, 0.1) is 15.9 Å². The molecule has 1 aliphatic rings. The fraction of sp³-hybridized carbons (Fsp3) is 0.500. The summed E-state index contributed by atoms with van der Waals surface area (Å²) in [5, 5.41) is 13.8. The number of para-hydroxylation sites is 1. The van der Waals surface area contributed by atoms with Gasteiger partial charge < -0.3 is 5.32 Å². The lowest BCUT2D eigenvalue weighted by Crippen LogP contribution is -2.36. The van der Waals surface area contributed by atoms with Crippen LogP contribution in [0.4, 0.5) is 15.8 Å². The van der Waals surface area contributed by atoms with Crippen molar-refractivity contribution in [3.8, 4) is 0 Å². The molecule has 0 bridgehead atoms. The second kappa shape index (κ2) is 6.72. The van der Waals surface area contributed by atoms with Gasteiger partial charge >= 0.3 is 5.69 Å². The third-order valence-corrected chi connectivity index (χ3v) is 3.96. The minimum atomic E-state index is -0.802. The molecule has 0 saturated carbocycles. The average molecular weight is 285 g/mol. The molecule has 0 atom stereocenters. The van der Waals surface area contributed by atoms with Crippen molar-refractivity contribution in [1.82, 2.24) is 4.90 Å². The Bertz CT molecular complexity index is 453. The van der Waals surface area contributed by atoms with Gasteiger partial charge in [-0.05, 0) is 12.1 Å². The van der Waals surface area contributed by atoms with E-state index in [-0.39, 0.29) is 5.69 Å². The normalized spacial score (nSPS) is 16.3. The van der Waals surface area contributed by atoms with E-state index in [9.17, 15) is 14.5 Å². The number of nitrogens with zero attached hydrogens (tertiary/aromatic N) is 2. The van der Waals surface area contributed by atoms with Crippen molar-refractivity contribution in [2.45, 2.75) is 0 Å². The van der Waals surface area contributed by atoms with Crippen molar-refractivity contribution in [3.63, 3.8) is 0 Å². The monoisotopic (exact) mass is 285 g/mol. The van der Waals surface area contributed by atoms with Gasteiger partial charge in [0.05, 0.1) is 4.92 Å². The highest BCUT2D eigenvalue weighted by Gasteiger charge is 2.19. The van der Waals surface area contributed by atoms with Gasteiger partial charge in [-0.3, -0.25) is 15.0 Å². The Hall–Kier alpha value is -1.34. The molecule has 0 aromatic heterocycles. The maximum Gasteiger partial charge on any atom is 0.327 e. The number of hydrogen-bond donors (Lipinski definition) is 1. The molecule has 1 heterocycles. The predicted molar refractivity (Wildman–Crippen MR) is 75.3 cm³/mol. The number of anilines is 1. The van der Waals surface area contributed by atoms with Crippen LogP contribution in [0.15, 0.2) is 18.2 Å². The molecule has 1 aromatic rings. The van der Waals surface area contributed by atoms with E-state index in [2.05, 4.69) is 10.2 Å².